The van der Waals surface area contributed by atoms with Gasteiger partial charge in [-0.3, -0.25) is 4.90 Å². The molecule has 1 saturated heterocycles. The van der Waals surface area contributed by atoms with Crippen LogP contribution in [-0.4, -0.2) is 23.0 Å². The Balaban J connectivity index is 2.65. The fourth-order valence-electron chi connectivity index (χ4n) is 2.99. The average Bonchev–Trinajstić information content (AvgIpc) is 2.01. The Labute approximate surface area is 89.9 Å². The van der Waals surface area contributed by atoms with Crippen LogP contribution in [0, 0.1) is 11.8 Å². The fourth-order valence-corrected chi connectivity index (χ4v) is 2.99. The molecule has 0 spiro atoms. The van der Waals surface area contributed by atoms with Crippen LogP contribution in [0.3, 0.4) is 0 Å². The molecule has 0 N–H and O–H groups in total. The summed E-state index contributed by atoms with van der Waals surface area (Å²) in [5.41, 5.74) is 0.404. The highest BCUT2D eigenvalue weighted by Gasteiger charge is 2.36. The third-order valence-corrected chi connectivity index (χ3v) is 3.85. The van der Waals surface area contributed by atoms with Gasteiger partial charge in [0.25, 0.3) is 0 Å². The predicted molar refractivity (Wildman–Crippen MR) is 63.5 cm³/mol. The second kappa shape index (κ2) is 4.22. The molecule has 0 saturated carbocycles. The van der Waals surface area contributed by atoms with Gasteiger partial charge in [-0.1, -0.05) is 13.8 Å². The molecule has 1 atom stereocenters. The van der Waals surface area contributed by atoms with Crippen molar-refractivity contribution in [1.29, 1.82) is 0 Å². The number of nitrogens with zero attached hydrogens (tertiary/aromatic N) is 1. The number of hydrogen-bond donors (Lipinski definition) is 0. The second-order valence-electron chi connectivity index (χ2n) is 6.10. The minimum atomic E-state index is 0.404. The molecule has 0 bridgehead atoms. The summed E-state index contributed by atoms with van der Waals surface area (Å²) in [6, 6.07) is 0.693. The maximum atomic E-state index is 2.66. The first kappa shape index (κ1) is 12.0. The van der Waals surface area contributed by atoms with Crippen molar-refractivity contribution in [3.63, 3.8) is 0 Å². The third-order valence-electron chi connectivity index (χ3n) is 3.85. The van der Waals surface area contributed by atoms with E-state index in [4.69, 9.17) is 0 Å². The van der Waals surface area contributed by atoms with E-state index in [-0.39, 0.29) is 0 Å². The van der Waals surface area contributed by atoms with Crippen molar-refractivity contribution < 1.29 is 0 Å². The summed E-state index contributed by atoms with van der Waals surface area (Å²) in [5.74, 6) is 1.78. The van der Waals surface area contributed by atoms with E-state index in [1.165, 1.54) is 19.4 Å². The SMILES string of the molecule is CC(C)C1CCN(C(C)C)C(C)(C)C1. The molecule has 0 aromatic heterocycles. The van der Waals surface area contributed by atoms with Gasteiger partial charge in [-0.05, 0) is 58.9 Å². The van der Waals surface area contributed by atoms with Gasteiger partial charge in [-0.15, -0.1) is 0 Å². The molecule has 0 aromatic rings. The highest BCUT2D eigenvalue weighted by atomic mass is 15.2. The van der Waals surface area contributed by atoms with Crippen LogP contribution in [-0.2, 0) is 0 Å². The zero-order valence-electron chi connectivity index (χ0n) is 10.8. The van der Waals surface area contributed by atoms with Crippen LogP contribution in [0.5, 0.6) is 0 Å². The lowest BCUT2D eigenvalue weighted by atomic mass is 9.77. The summed E-state index contributed by atoms with van der Waals surface area (Å²) in [6.45, 7) is 15.5. The summed E-state index contributed by atoms with van der Waals surface area (Å²) in [7, 11) is 0. The molecule has 1 unspecified atom stereocenters. The van der Waals surface area contributed by atoms with Gasteiger partial charge in [0.2, 0.25) is 0 Å². The van der Waals surface area contributed by atoms with Crippen molar-refractivity contribution in [3.8, 4) is 0 Å². The molecule has 1 aliphatic rings. The first-order valence-corrected chi connectivity index (χ1v) is 6.11. The van der Waals surface area contributed by atoms with E-state index in [2.05, 4.69) is 46.4 Å². The van der Waals surface area contributed by atoms with E-state index >= 15 is 0 Å². The van der Waals surface area contributed by atoms with Crippen LogP contribution in [0.15, 0.2) is 0 Å². The first-order chi connectivity index (χ1) is 6.34. The topological polar surface area (TPSA) is 3.24 Å². The lowest BCUT2D eigenvalue weighted by Gasteiger charge is -2.49. The van der Waals surface area contributed by atoms with Crippen LogP contribution in [0.2, 0.25) is 0 Å². The van der Waals surface area contributed by atoms with Gasteiger partial charge >= 0.3 is 0 Å². The highest BCUT2D eigenvalue weighted by Crippen LogP contribution is 2.36. The molecular formula is C13H27N. The zero-order chi connectivity index (χ0) is 10.9. The Morgan fingerprint density at radius 1 is 1.14 bits per heavy atom. The molecular weight excluding hydrogens is 170 g/mol. The maximum Gasteiger partial charge on any atom is 0.0158 e. The van der Waals surface area contributed by atoms with E-state index in [1.807, 2.05) is 0 Å². The highest BCUT2D eigenvalue weighted by molar-refractivity contribution is 4.91. The second-order valence-corrected chi connectivity index (χ2v) is 6.10. The molecule has 1 nitrogen and oxygen atoms in total. The van der Waals surface area contributed by atoms with Crippen molar-refractivity contribution in [2.45, 2.75) is 66.0 Å². The van der Waals surface area contributed by atoms with Crippen LogP contribution >= 0.6 is 0 Å². The first-order valence-electron chi connectivity index (χ1n) is 6.11. The third kappa shape index (κ3) is 2.50. The Kier molecular flexibility index (Phi) is 3.63. The van der Waals surface area contributed by atoms with Crippen LogP contribution in [0.25, 0.3) is 0 Å². The molecule has 1 heteroatoms. The maximum absolute atomic E-state index is 2.66. The van der Waals surface area contributed by atoms with Crippen LogP contribution < -0.4 is 0 Å². The molecule has 14 heavy (non-hydrogen) atoms. The number of hydrogen-bond acceptors (Lipinski definition) is 1. The summed E-state index contributed by atoms with van der Waals surface area (Å²) in [5, 5.41) is 0. The lowest BCUT2D eigenvalue weighted by molar-refractivity contribution is 0.00943. The Bertz CT molecular complexity index is 182. The van der Waals surface area contributed by atoms with Crippen molar-refractivity contribution >= 4 is 0 Å². The normalized spacial score (nSPS) is 28.7. The Morgan fingerprint density at radius 3 is 2.07 bits per heavy atom. The van der Waals surface area contributed by atoms with E-state index in [1.54, 1.807) is 0 Å². The molecule has 0 amide bonds. The number of likely N-dealkylation sites (tertiary alicyclic amines) is 1. The minimum absolute atomic E-state index is 0.404. The largest absolute Gasteiger partial charge is 0.296 e. The van der Waals surface area contributed by atoms with Crippen molar-refractivity contribution in [1.82, 2.24) is 4.90 Å². The molecule has 0 aliphatic carbocycles. The minimum Gasteiger partial charge on any atom is -0.296 e. The standard InChI is InChI=1S/C13H27N/c1-10(2)12-7-8-14(11(3)4)13(5,6)9-12/h10-12H,7-9H2,1-6H3. The monoisotopic (exact) mass is 197 g/mol. The molecule has 1 aliphatic heterocycles. The Hall–Kier alpha value is -0.0400. The summed E-state index contributed by atoms with van der Waals surface area (Å²) in [4.78, 5) is 2.66. The van der Waals surface area contributed by atoms with Gasteiger partial charge < -0.3 is 0 Å². The number of piperidine rings is 1. The van der Waals surface area contributed by atoms with Gasteiger partial charge in [0, 0.05) is 11.6 Å². The van der Waals surface area contributed by atoms with Crippen molar-refractivity contribution in [2.24, 2.45) is 11.8 Å². The molecule has 1 rings (SSSR count). The average molecular weight is 197 g/mol. The Morgan fingerprint density at radius 2 is 1.71 bits per heavy atom. The van der Waals surface area contributed by atoms with Crippen LogP contribution in [0.4, 0.5) is 0 Å². The van der Waals surface area contributed by atoms with Gasteiger partial charge in [0.1, 0.15) is 0 Å². The quantitative estimate of drug-likeness (QED) is 0.654. The van der Waals surface area contributed by atoms with Gasteiger partial charge in [0.05, 0.1) is 0 Å². The van der Waals surface area contributed by atoms with E-state index in [9.17, 15) is 0 Å². The zero-order valence-corrected chi connectivity index (χ0v) is 10.8. The summed E-state index contributed by atoms with van der Waals surface area (Å²) in [6.07, 6.45) is 2.75. The molecule has 84 valence electrons. The number of rotatable bonds is 2. The smallest absolute Gasteiger partial charge is 0.0158 e. The summed E-state index contributed by atoms with van der Waals surface area (Å²) < 4.78 is 0. The van der Waals surface area contributed by atoms with Gasteiger partial charge in [-0.25, -0.2) is 0 Å². The van der Waals surface area contributed by atoms with E-state index in [0.29, 0.717) is 11.6 Å². The van der Waals surface area contributed by atoms with E-state index < -0.39 is 0 Å². The molecule has 1 heterocycles. The molecule has 0 radical (unpaired) electrons. The molecule has 0 aromatic carbocycles. The fraction of sp³-hybridized carbons (Fsp3) is 1.00. The van der Waals surface area contributed by atoms with E-state index in [0.717, 1.165) is 11.8 Å². The van der Waals surface area contributed by atoms with Gasteiger partial charge in [-0.2, -0.15) is 0 Å². The lowest BCUT2D eigenvalue weighted by Crippen LogP contribution is -2.53. The summed E-state index contributed by atoms with van der Waals surface area (Å²) >= 11 is 0. The predicted octanol–water partition coefficient (Wildman–Crippen LogP) is 3.54. The van der Waals surface area contributed by atoms with Crippen molar-refractivity contribution in [2.75, 3.05) is 6.54 Å². The van der Waals surface area contributed by atoms with Gasteiger partial charge in [0.15, 0.2) is 0 Å². The van der Waals surface area contributed by atoms with Crippen LogP contribution in [0.1, 0.15) is 54.4 Å². The molecule has 1 fully saturated rings. The van der Waals surface area contributed by atoms with Crippen molar-refractivity contribution in [3.05, 3.63) is 0 Å².